The highest BCUT2D eigenvalue weighted by Gasteiger charge is 2.31. The fourth-order valence-corrected chi connectivity index (χ4v) is 4.98. The molecule has 0 spiro atoms. The molecule has 1 aliphatic carbocycles. The molecule has 1 N–H and O–H groups in total. The molecule has 4 aromatic rings. The van der Waals surface area contributed by atoms with Gasteiger partial charge in [-0.25, -0.2) is 9.18 Å². The number of allylic oxidation sites excluding steroid dienone is 1. The van der Waals surface area contributed by atoms with Gasteiger partial charge >= 0.3 is 5.97 Å². The van der Waals surface area contributed by atoms with Crippen molar-refractivity contribution >= 4 is 39.6 Å². The van der Waals surface area contributed by atoms with E-state index in [1.807, 2.05) is 0 Å². The maximum Gasteiger partial charge on any atom is 0.335 e. The molecule has 184 valence electrons. The van der Waals surface area contributed by atoms with E-state index in [-0.39, 0.29) is 27.6 Å². The number of nitriles is 1. The third kappa shape index (κ3) is 4.41. The molecule has 1 saturated carbocycles. The van der Waals surface area contributed by atoms with E-state index in [0.717, 1.165) is 30.9 Å². The zero-order valence-corrected chi connectivity index (χ0v) is 20.3. The third-order valence-corrected chi connectivity index (χ3v) is 6.91. The summed E-state index contributed by atoms with van der Waals surface area (Å²) in [6.07, 6.45) is 3.71. The highest BCUT2D eigenvalue weighted by atomic mass is 35.5. The van der Waals surface area contributed by atoms with E-state index in [1.54, 1.807) is 42.5 Å². The Morgan fingerprint density at radius 2 is 1.89 bits per heavy atom. The molecule has 0 atom stereocenters. The van der Waals surface area contributed by atoms with E-state index in [2.05, 4.69) is 22.8 Å². The van der Waals surface area contributed by atoms with Crippen molar-refractivity contribution in [1.82, 2.24) is 10.2 Å². The molecule has 8 heteroatoms. The number of esters is 1. The number of benzene rings is 3. The third-order valence-electron chi connectivity index (χ3n) is 6.60. The monoisotopic (exact) mass is 515 g/mol. The molecule has 0 radical (unpaired) electrons. The molecule has 1 aromatic heterocycles. The maximum atomic E-state index is 14.8. The summed E-state index contributed by atoms with van der Waals surface area (Å²) in [7, 11) is 0. The van der Waals surface area contributed by atoms with Gasteiger partial charge in [-0.3, -0.25) is 5.10 Å². The fourth-order valence-electron chi connectivity index (χ4n) is 4.71. The topological polar surface area (TPSA) is 78.8 Å². The lowest BCUT2D eigenvalue weighted by molar-refractivity contribution is -0.128. The summed E-state index contributed by atoms with van der Waals surface area (Å²) in [5.74, 6) is -1.62. The summed E-state index contributed by atoms with van der Waals surface area (Å²) < 4.78 is 34.4. The van der Waals surface area contributed by atoms with E-state index in [1.165, 1.54) is 12.1 Å². The van der Waals surface area contributed by atoms with Crippen LogP contribution in [0, 0.1) is 29.0 Å². The molecule has 0 amide bonds. The van der Waals surface area contributed by atoms with Gasteiger partial charge in [-0.1, -0.05) is 54.9 Å². The van der Waals surface area contributed by atoms with Gasteiger partial charge in [-0.05, 0) is 59.7 Å². The van der Waals surface area contributed by atoms with Crippen molar-refractivity contribution in [2.45, 2.75) is 19.3 Å². The lowest BCUT2D eigenvalue weighted by Crippen LogP contribution is -2.16. The summed E-state index contributed by atoms with van der Waals surface area (Å²) in [4.78, 5) is 12.2. The van der Waals surface area contributed by atoms with Crippen LogP contribution in [0.3, 0.4) is 0 Å². The minimum atomic E-state index is -0.732. The van der Waals surface area contributed by atoms with Crippen molar-refractivity contribution in [3.8, 4) is 11.8 Å². The molecule has 37 heavy (non-hydrogen) atoms. The number of carbonyl (C=O) groups is 1. The average molecular weight is 516 g/mol. The van der Waals surface area contributed by atoms with Crippen LogP contribution in [-0.4, -0.2) is 16.2 Å². The Kier molecular flexibility index (Phi) is 6.60. The standard InChI is InChI=1S/C29H20ClF2N3O2/c1-2-25(36)37-24-9-4-3-8-20(24)27(18-12-13-23-28(21(18)15-33)29(32)35-34-23)26(16-6-5-7-16)19-11-10-17(31)14-22(19)30/h2-4,8-14,16H,1,5-7H2,(H,34,35)/b27-26+. The van der Waals surface area contributed by atoms with Crippen LogP contribution in [0.4, 0.5) is 8.78 Å². The molecule has 1 aliphatic rings. The molecule has 1 heterocycles. The Bertz CT molecular complexity index is 1630. The quantitative estimate of drug-likeness (QED) is 0.127. The first-order valence-electron chi connectivity index (χ1n) is 11.6. The van der Waals surface area contributed by atoms with Crippen LogP contribution in [0.2, 0.25) is 5.02 Å². The minimum absolute atomic E-state index is 0.0255. The van der Waals surface area contributed by atoms with Crippen molar-refractivity contribution in [3.63, 3.8) is 0 Å². The number of nitrogens with one attached hydrogen (secondary N) is 1. The van der Waals surface area contributed by atoms with E-state index in [0.29, 0.717) is 27.8 Å². The number of aromatic amines is 1. The lowest BCUT2D eigenvalue weighted by Gasteiger charge is -2.32. The second-order valence-corrected chi connectivity index (χ2v) is 9.10. The summed E-state index contributed by atoms with van der Waals surface area (Å²) in [6, 6.07) is 16.5. The number of hydrogen-bond donors (Lipinski definition) is 1. The predicted molar refractivity (Wildman–Crippen MR) is 138 cm³/mol. The Labute approximate surface area is 216 Å². The Morgan fingerprint density at radius 1 is 1.14 bits per heavy atom. The van der Waals surface area contributed by atoms with Crippen molar-refractivity contribution in [1.29, 1.82) is 5.26 Å². The van der Waals surface area contributed by atoms with Gasteiger partial charge < -0.3 is 4.74 Å². The van der Waals surface area contributed by atoms with Crippen LogP contribution in [0.5, 0.6) is 5.75 Å². The number of H-pyrrole nitrogens is 1. The largest absolute Gasteiger partial charge is 0.423 e. The van der Waals surface area contributed by atoms with Gasteiger partial charge in [0.25, 0.3) is 0 Å². The van der Waals surface area contributed by atoms with E-state index < -0.39 is 17.7 Å². The zero-order valence-electron chi connectivity index (χ0n) is 19.5. The van der Waals surface area contributed by atoms with Gasteiger partial charge in [-0.15, -0.1) is 0 Å². The van der Waals surface area contributed by atoms with Crippen molar-refractivity contribution in [2.75, 3.05) is 0 Å². The second-order valence-electron chi connectivity index (χ2n) is 8.69. The molecule has 5 rings (SSSR count). The summed E-state index contributed by atoms with van der Waals surface area (Å²) >= 11 is 6.58. The van der Waals surface area contributed by atoms with Crippen LogP contribution < -0.4 is 4.74 Å². The van der Waals surface area contributed by atoms with Gasteiger partial charge in [0.2, 0.25) is 5.95 Å². The first kappa shape index (κ1) is 24.4. The summed E-state index contributed by atoms with van der Waals surface area (Å²) in [6.45, 7) is 3.47. The zero-order chi connectivity index (χ0) is 26.1. The highest BCUT2D eigenvalue weighted by Crippen LogP contribution is 2.49. The van der Waals surface area contributed by atoms with Crippen LogP contribution >= 0.6 is 11.6 Å². The maximum absolute atomic E-state index is 14.8. The predicted octanol–water partition coefficient (Wildman–Crippen LogP) is 7.22. The molecular weight excluding hydrogens is 496 g/mol. The number of para-hydroxylation sites is 1. The number of carbonyl (C=O) groups excluding carboxylic acids is 1. The van der Waals surface area contributed by atoms with Gasteiger partial charge in [0.1, 0.15) is 17.6 Å². The Balaban J connectivity index is 1.93. The van der Waals surface area contributed by atoms with Gasteiger partial charge in [-0.2, -0.15) is 14.8 Å². The Morgan fingerprint density at radius 3 is 2.57 bits per heavy atom. The molecular formula is C29H20ClF2N3O2. The summed E-state index contributed by atoms with van der Waals surface area (Å²) in [5.41, 5.74) is 3.18. The first-order valence-corrected chi connectivity index (χ1v) is 12.0. The number of ether oxygens (including phenoxy) is 1. The number of fused-ring (bicyclic) bond motifs is 1. The van der Waals surface area contributed by atoms with Crippen LogP contribution in [0.1, 0.15) is 41.5 Å². The molecule has 5 nitrogen and oxygen atoms in total. The number of aromatic nitrogens is 2. The van der Waals surface area contributed by atoms with Crippen molar-refractivity contribution in [2.24, 2.45) is 5.92 Å². The highest BCUT2D eigenvalue weighted by molar-refractivity contribution is 6.33. The number of halogens is 3. The molecule has 0 aliphatic heterocycles. The Hall–Kier alpha value is -4.28. The van der Waals surface area contributed by atoms with E-state index >= 15 is 0 Å². The van der Waals surface area contributed by atoms with Crippen molar-refractivity contribution in [3.05, 3.63) is 106 Å². The molecule has 0 unspecified atom stereocenters. The van der Waals surface area contributed by atoms with Crippen LogP contribution in [-0.2, 0) is 4.79 Å². The van der Waals surface area contributed by atoms with Gasteiger partial charge in [0.15, 0.2) is 0 Å². The SMILES string of the molecule is C=CC(=O)Oc1ccccc1/C(=C(/c1ccc(F)cc1Cl)C1CCC1)c1ccc2n[nH]c(F)c2c1C#N. The number of nitrogens with zero attached hydrogens (tertiary/aromatic N) is 2. The van der Waals surface area contributed by atoms with E-state index in [9.17, 15) is 18.8 Å². The molecule has 0 saturated heterocycles. The molecule has 0 bridgehead atoms. The minimum Gasteiger partial charge on any atom is -0.423 e. The van der Waals surface area contributed by atoms with E-state index in [4.69, 9.17) is 16.3 Å². The normalized spacial score (nSPS) is 14.0. The van der Waals surface area contributed by atoms with Crippen molar-refractivity contribution < 1.29 is 18.3 Å². The molecule has 3 aromatic carbocycles. The van der Waals surface area contributed by atoms with Gasteiger partial charge in [0, 0.05) is 17.2 Å². The lowest BCUT2D eigenvalue weighted by atomic mass is 9.72. The fraction of sp³-hybridized carbons (Fsp3) is 0.138. The van der Waals surface area contributed by atoms with Crippen LogP contribution in [0.25, 0.3) is 22.0 Å². The second kappa shape index (κ2) is 10.00. The average Bonchev–Trinajstić information content (AvgIpc) is 3.24. The number of rotatable bonds is 6. The number of hydrogen-bond acceptors (Lipinski definition) is 4. The smallest absolute Gasteiger partial charge is 0.335 e. The van der Waals surface area contributed by atoms with Gasteiger partial charge in [0.05, 0.1) is 21.5 Å². The first-order chi connectivity index (χ1) is 17.9. The molecule has 1 fully saturated rings. The van der Waals surface area contributed by atoms with Crippen LogP contribution in [0.15, 0.2) is 67.3 Å². The summed E-state index contributed by atoms with van der Waals surface area (Å²) in [5, 5.41) is 16.7.